The minimum absolute atomic E-state index is 0.0173. The van der Waals surface area contributed by atoms with Crippen molar-refractivity contribution >= 4 is 5.91 Å². The zero-order chi connectivity index (χ0) is 13.4. The van der Waals surface area contributed by atoms with Crippen LogP contribution in [0.15, 0.2) is 12.7 Å². The average molecular weight is 255 g/mol. The third kappa shape index (κ3) is 5.62. The molecule has 0 bridgehead atoms. The second kappa shape index (κ2) is 8.24. The molecular formula is C13H25N3O2. The van der Waals surface area contributed by atoms with E-state index in [4.69, 9.17) is 4.74 Å². The highest BCUT2D eigenvalue weighted by atomic mass is 16.5. The van der Waals surface area contributed by atoms with Crippen molar-refractivity contribution in [3.63, 3.8) is 0 Å². The molecule has 104 valence electrons. The Morgan fingerprint density at radius 3 is 2.72 bits per heavy atom. The van der Waals surface area contributed by atoms with Crippen LogP contribution in [0.25, 0.3) is 0 Å². The second-order valence-electron chi connectivity index (χ2n) is 4.74. The lowest BCUT2D eigenvalue weighted by atomic mass is 10.2. The molecule has 2 atom stereocenters. The van der Waals surface area contributed by atoms with Crippen LogP contribution >= 0.6 is 0 Å². The Kier molecular flexibility index (Phi) is 6.93. The van der Waals surface area contributed by atoms with Gasteiger partial charge in [-0.25, -0.2) is 0 Å². The van der Waals surface area contributed by atoms with Crippen LogP contribution in [0.2, 0.25) is 0 Å². The SMILES string of the molecule is C=CCNC(=O)C(C)NC(C)CN1CCOCC1. The van der Waals surface area contributed by atoms with Crippen LogP contribution in [0.4, 0.5) is 0 Å². The van der Waals surface area contributed by atoms with Crippen molar-refractivity contribution in [3.05, 3.63) is 12.7 Å². The van der Waals surface area contributed by atoms with Crippen LogP contribution in [-0.2, 0) is 9.53 Å². The highest BCUT2D eigenvalue weighted by Gasteiger charge is 2.17. The van der Waals surface area contributed by atoms with Gasteiger partial charge in [0.15, 0.2) is 0 Å². The van der Waals surface area contributed by atoms with Gasteiger partial charge >= 0.3 is 0 Å². The molecule has 0 aromatic carbocycles. The van der Waals surface area contributed by atoms with Gasteiger partial charge in [-0.05, 0) is 13.8 Å². The molecule has 1 amide bonds. The molecule has 5 heteroatoms. The maximum absolute atomic E-state index is 11.7. The molecule has 1 rings (SSSR count). The first-order valence-electron chi connectivity index (χ1n) is 6.58. The maximum atomic E-state index is 11.7. The molecule has 0 spiro atoms. The van der Waals surface area contributed by atoms with Crippen molar-refractivity contribution in [2.75, 3.05) is 39.4 Å². The minimum atomic E-state index is -0.180. The van der Waals surface area contributed by atoms with E-state index in [2.05, 4.69) is 29.0 Å². The summed E-state index contributed by atoms with van der Waals surface area (Å²) in [7, 11) is 0. The van der Waals surface area contributed by atoms with E-state index in [1.807, 2.05) is 6.92 Å². The fourth-order valence-corrected chi connectivity index (χ4v) is 2.05. The number of carbonyl (C=O) groups excluding carboxylic acids is 1. The zero-order valence-electron chi connectivity index (χ0n) is 11.4. The lowest BCUT2D eigenvalue weighted by Crippen LogP contribution is -2.50. The fraction of sp³-hybridized carbons (Fsp3) is 0.769. The first-order chi connectivity index (χ1) is 8.63. The van der Waals surface area contributed by atoms with Crippen molar-refractivity contribution in [3.8, 4) is 0 Å². The van der Waals surface area contributed by atoms with Crippen molar-refractivity contribution in [2.45, 2.75) is 25.9 Å². The van der Waals surface area contributed by atoms with Crippen LogP contribution in [-0.4, -0.2) is 62.3 Å². The molecule has 2 unspecified atom stereocenters. The normalized spacial score (nSPS) is 20.1. The third-order valence-electron chi connectivity index (χ3n) is 2.98. The van der Waals surface area contributed by atoms with E-state index in [1.54, 1.807) is 6.08 Å². The summed E-state index contributed by atoms with van der Waals surface area (Å²) >= 11 is 0. The molecule has 0 saturated carbocycles. The van der Waals surface area contributed by atoms with Gasteiger partial charge in [0.1, 0.15) is 0 Å². The minimum Gasteiger partial charge on any atom is -0.379 e. The standard InChI is InChI=1S/C13H25N3O2/c1-4-5-14-13(17)12(3)15-11(2)10-16-6-8-18-9-7-16/h4,11-12,15H,1,5-10H2,2-3H3,(H,14,17). The van der Waals surface area contributed by atoms with Crippen LogP contribution in [0.5, 0.6) is 0 Å². The molecule has 0 aromatic heterocycles. The van der Waals surface area contributed by atoms with Gasteiger partial charge in [-0.2, -0.15) is 0 Å². The Labute approximate surface area is 110 Å². The summed E-state index contributed by atoms with van der Waals surface area (Å²) in [4.78, 5) is 14.0. The Morgan fingerprint density at radius 2 is 2.11 bits per heavy atom. The number of nitrogens with one attached hydrogen (secondary N) is 2. The molecule has 1 heterocycles. The first-order valence-corrected chi connectivity index (χ1v) is 6.58. The molecule has 1 aliphatic rings. The molecule has 18 heavy (non-hydrogen) atoms. The quantitative estimate of drug-likeness (QED) is 0.628. The van der Waals surface area contributed by atoms with Crippen LogP contribution in [0, 0.1) is 0 Å². The summed E-state index contributed by atoms with van der Waals surface area (Å²) in [6.07, 6.45) is 1.68. The monoisotopic (exact) mass is 255 g/mol. The molecular weight excluding hydrogens is 230 g/mol. The lowest BCUT2D eigenvalue weighted by Gasteiger charge is -2.30. The molecule has 0 aromatic rings. The highest BCUT2D eigenvalue weighted by Crippen LogP contribution is 1.99. The van der Waals surface area contributed by atoms with Gasteiger partial charge in [0.2, 0.25) is 5.91 Å². The van der Waals surface area contributed by atoms with Crippen molar-refractivity contribution in [1.29, 1.82) is 0 Å². The molecule has 0 radical (unpaired) electrons. The topological polar surface area (TPSA) is 53.6 Å². The second-order valence-corrected chi connectivity index (χ2v) is 4.74. The van der Waals surface area contributed by atoms with E-state index < -0.39 is 0 Å². The number of hydrogen-bond donors (Lipinski definition) is 2. The van der Waals surface area contributed by atoms with E-state index in [-0.39, 0.29) is 18.0 Å². The number of morpholine rings is 1. The maximum Gasteiger partial charge on any atom is 0.237 e. The fourth-order valence-electron chi connectivity index (χ4n) is 2.05. The van der Waals surface area contributed by atoms with Gasteiger partial charge in [0, 0.05) is 32.2 Å². The van der Waals surface area contributed by atoms with E-state index in [1.165, 1.54) is 0 Å². The van der Waals surface area contributed by atoms with Gasteiger partial charge in [-0.15, -0.1) is 6.58 Å². The summed E-state index contributed by atoms with van der Waals surface area (Å²) in [6.45, 7) is 12.6. The van der Waals surface area contributed by atoms with Crippen molar-refractivity contribution in [2.24, 2.45) is 0 Å². The van der Waals surface area contributed by atoms with Gasteiger partial charge < -0.3 is 15.4 Å². The first kappa shape index (κ1) is 15.1. The Balaban J connectivity index is 2.23. The number of carbonyl (C=O) groups is 1. The molecule has 1 fully saturated rings. The molecule has 1 aliphatic heterocycles. The number of nitrogens with zero attached hydrogens (tertiary/aromatic N) is 1. The van der Waals surface area contributed by atoms with Gasteiger partial charge in [-0.3, -0.25) is 9.69 Å². The summed E-state index contributed by atoms with van der Waals surface area (Å²) in [6, 6.07) is 0.105. The van der Waals surface area contributed by atoms with Crippen LogP contribution < -0.4 is 10.6 Å². The largest absolute Gasteiger partial charge is 0.379 e. The molecule has 0 aliphatic carbocycles. The number of ether oxygens (including phenoxy) is 1. The smallest absolute Gasteiger partial charge is 0.237 e. The van der Waals surface area contributed by atoms with Crippen molar-refractivity contribution in [1.82, 2.24) is 15.5 Å². The molecule has 2 N–H and O–H groups in total. The number of rotatable bonds is 7. The summed E-state index contributed by atoms with van der Waals surface area (Å²) in [5.74, 6) is 0.0173. The number of amides is 1. The van der Waals surface area contributed by atoms with Crippen LogP contribution in [0.3, 0.4) is 0 Å². The van der Waals surface area contributed by atoms with Gasteiger partial charge in [-0.1, -0.05) is 6.08 Å². The van der Waals surface area contributed by atoms with Crippen molar-refractivity contribution < 1.29 is 9.53 Å². The summed E-state index contributed by atoms with van der Waals surface area (Å²) < 4.78 is 5.31. The van der Waals surface area contributed by atoms with E-state index in [9.17, 15) is 4.79 Å². The average Bonchev–Trinajstić information content (AvgIpc) is 2.36. The lowest BCUT2D eigenvalue weighted by molar-refractivity contribution is -0.122. The van der Waals surface area contributed by atoms with Gasteiger partial charge in [0.05, 0.1) is 19.3 Å². The Bertz CT molecular complexity index is 265. The Morgan fingerprint density at radius 1 is 1.44 bits per heavy atom. The molecule has 1 saturated heterocycles. The van der Waals surface area contributed by atoms with E-state index >= 15 is 0 Å². The number of hydrogen-bond acceptors (Lipinski definition) is 4. The highest BCUT2D eigenvalue weighted by molar-refractivity contribution is 5.81. The zero-order valence-corrected chi connectivity index (χ0v) is 11.4. The predicted octanol–water partition coefficient (Wildman–Crippen LogP) is -0.0126. The molecule has 5 nitrogen and oxygen atoms in total. The van der Waals surface area contributed by atoms with E-state index in [0.29, 0.717) is 6.54 Å². The summed E-state index contributed by atoms with van der Waals surface area (Å²) in [5, 5.41) is 6.09. The van der Waals surface area contributed by atoms with E-state index in [0.717, 1.165) is 32.8 Å². The third-order valence-corrected chi connectivity index (χ3v) is 2.98. The van der Waals surface area contributed by atoms with Gasteiger partial charge in [0.25, 0.3) is 0 Å². The Hall–Kier alpha value is -0.910. The predicted molar refractivity (Wildman–Crippen MR) is 72.5 cm³/mol. The van der Waals surface area contributed by atoms with Crippen LogP contribution in [0.1, 0.15) is 13.8 Å². The summed E-state index contributed by atoms with van der Waals surface area (Å²) in [5.41, 5.74) is 0.